The van der Waals surface area contributed by atoms with Crippen LogP contribution in [-0.4, -0.2) is 40.3 Å². The number of carbonyl (C=O) groups is 1. The summed E-state index contributed by atoms with van der Waals surface area (Å²) < 4.78 is 10.6. The summed E-state index contributed by atoms with van der Waals surface area (Å²) in [6.45, 7) is 5.60. The second kappa shape index (κ2) is 9.97. The molecule has 0 saturated carbocycles. The molecule has 0 fully saturated rings. The molecule has 2 rings (SSSR count). The molecular weight excluding hydrogens is 340 g/mol. The van der Waals surface area contributed by atoms with Gasteiger partial charge in [0.25, 0.3) is 5.91 Å². The Morgan fingerprint density at radius 1 is 1.04 bits per heavy atom. The van der Waals surface area contributed by atoms with E-state index < -0.39 is 0 Å². The van der Waals surface area contributed by atoms with Crippen LogP contribution in [0.2, 0.25) is 0 Å². The molecule has 2 aromatic rings. The minimum absolute atomic E-state index is 0.0251. The average Bonchev–Trinajstić information content (AvgIpc) is 2.66. The number of hydrogen-bond acceptors (Lipinski definition) is 3. The van der Waals surface area contributed by atoms with E-state index in [1.165, 1.54) is 5.56 Å². The highest BCUT2D eigenvalue weighted by Crippen LogP contribution is 2.27. The fourth-order valence-corrected chi connectivity index (χ4v) is 2.91. The maximum absolute atomic E-state index is 12.3. The number of amides is 1. The van der Waals surface area contributed by atoms with Crippen LogP contribution in [0.4, 0.5) is 5.69 Å². The van der Waals surface area contributed by atoms with Crippen molar-refractivity contribution in [2.24, 2.45) is 0 Å². The zero-order valence-electron chi connectivity index (χ0n) is 17.0. The molecule has 1 amide bonds. The average molecular weight is 372 g/mol. The standard InChI is InChI=1S/C22H30N2O3/c1-16(2)18-7-9-19(10-8-18)23-22(25)15-24(3)13-12-17-6-11-20(26-4)21(14-17)27-5/h6-11,14,16H,12-13,15H2,1-5H3,(H,23,25)/p+1. The highest BCUT2D eigenvalue weighted by atomic mass is 16.5. The number of carbonyl (C=O) groups excluding carboxylic acids is 1. The van der Waals surface area contributed by atoms with Crippen molar-refractivity contribution in [3.8, 4) is 11.5 Å². The van der Waals surface area contributed by atoms with E-state index in [0.717, 1.165) is 40.6 Å². The second-order valence-corrected chi connectivity index (χ2v) is 7.15. The Bertz CT molecular complexity index is 742. The molecule has 5 nitrogen and oxygen atoms in total. The molecule has 5 heteroatoms. The summed E-state index contributed by atoms with van der Waals surface area (Å²) in [4.78, 5) is 13.4. The van der Waals surface area contributed by atoms with Gasteiger partial charge in [0.2, 0.25) is 0 Å². The Hall–Kier alpha value is -2.53. The van der Waals surface area contributed by atoms with Gasteiger partial charge in [-0.25, -0.2) is 0 Å². The molecule has 2 aromatic carbocycles. The van der Waals surface area contributed by atoms with Gasteiger partial charge in [-0.1, -0.05) is 32.0 Å². The minimum Gasteiger partial charge on any atom is -0.493 e. The normalized spacial score (nSPS) is 11.9. The van der Waals surface area contributed by atoms with Gasteiger partial charge in [-0.3, -0.25) is 4.79 Å². The predicted molar refractivity (Wildman–Crippen MR) is 109 cm³/mol. The summed E-state index contributed by atoms with van der Waals surface area (Å²) in [5, 5.41) is 2.97. The number of methoxy groups -OCH3 is 2. The Morgan fingerprint density at radius 2 is 1.70 bits per heavy atom. The van der Waals surface area contributed by atoms with Gasteiger partial charge < -0.3 is 19.7 Å². The molecule has 0 radical (unpaired) electrons. The van der Waals surface area contributed by atoms with Crippen molar-refractivity contribution in [2.45, 2.75) is 26.2 Å². The highest BCUT2D eigenvalue weighted by Gasteiger charge is 2.12. The molecule has 0 bridgehead atoms. The smallest absolute Gasteiger partial charge is 0.279 e. The van der Waals surface area contributed by atoms with E-state index >= 15 is 0 Å². The number of nitrogens with one attached hydrogen (secondary N) is 2. The number of ether oxygens (including phenoxy) is 2. The van der Waals surface area contributed by atoms with Crippen LogP contribution >= 0.6 is 0 Å². The molecule has 0 heterocycles. The van der Waals surface area contributed by atoms with Crippen molar-refractivity contribution < 1.29 is 19.2 Å². The first-order valence-electron chi connectivity index (χ1n) is 9.35. The monoisotopic (exact) mass is 371 g/mol. The van der Waals surface area contributed by atoms with E-state index in [2.05, 4.69) is 31.3 Å². The molecule has 146 valence electrons. The van der Waals surface area contributed by atoms with Crippen molar-refractivity contribution in [2.75, 3.05) is 39.7 Å². The first-order valence-corrected chi connectivity index (χ1v) is 9.35. The topological polar surface area (TPSA) is 52.0 Å². The largest absolute Gasteiger partial charge is 0.493 e. The first-order chi connectivity index (χ1) is 12.9. The lowest BCUT2D eigenvalue weighted by molar-refractivity contribution is -0.870. The molecule has 0 aliphatic carbocycles. The number of benzene rings is 2. The third kappa shape index (κ3) is 6.29. The van der Waals surface area contributed by atoms with E-state index in [1.807, 2.05) is 37.4 Å². The molecule has 0 aliphatic rings. The van der Waals surface area contributed by atoms with Gasteiger partial charge in [0, 0.05) is 12.1 Å². The molecular formula is C22H31N2O3+. The van der Waals surface area contributed by atoms with Crippen LogP contribution in [0.15, 0.2) is 42.5 Å². The lowest BCUT2D eigenvalue weighted by atomic mass is 10.0. The van der Waals surface area contributed by atoms with Crippen LogP contribution in [0.3, 0.4) is 0 Å². The summed E-state index contributed by atoms with van der Waals surface area (Å²) in [6, 6.07) is 14.0. The molecule has 1 atom stereocenters. The Balaban J connectivity index is 1.82. The van der Waals surface area contributed by atoms with Crippen LogP contribution in [0, 0.1) is 0 Å². The van der Waals surface area contributed by atoms with Crippen molar-refractivity contribution in [3.63, 3.8) is 0 Å². The number of hydrogen-bond donors (Lipinski definition) is 2. The SMILES string of the molecule is COc1ccc(CC[NH+](C)CC(=O)Nc2ccc(C(C)C)cc2)cc1OC. The van der Waals surface area contributed by atoms with Crippen LogP contribution < -0.4 is 19.7 Å². The summed E-state index contributed by atoms with van der Waals surface area (Å²) in [6.07, 6.45) is 0.864. The zero-order valence-corrected chi connectivity index (χ0v) is 17.0. The Morgan fingerprint density at radius 3 is 2.30 bits per heavy atom. The van der Waals surface area contributed by atoms with Crippen LogP contribution in [0.5, 0.6) is 11.5 Å². The van der Waals surface area contributed by atoms with Crippen molar-refractivity contribution >= 4 is 11.6 Å². The lowest BCUT2D eigenvalue weighted by Crippen LogP contribution is -3.10. The molecule has 0 saturated heterocycles. The van der Waals surface area contributed by atoms with Gasteiger partial charge in [-0.15, -0.1) is 0 Å². The van der Waals surface area contributed by atoms with E-state index in [4.69, 9.17) is 9.47 Å². The summed E-state index contributed by atoms with van der Waals surface area (Å²) >= 11 is 0. The van der Waals surface area contributed by atoms with Gasteiger partial charge in [0.15, 0.2) is 18.0 Å². The molecule has 0 aliphatic heterocycles. The maximum Gasteiger partial charge on any atom is 0.279 e. The first kappa shape index (κ1) is 20.8. The van der Waals surface area contributed by atoms with E-state index in [1.54, 1.807) is 14.2 Å². The summed E-state index contributed by atoms with van der Waals surface area (Å²) in [5.74, 6) is 1.97. The van der Waals surface area contributed by atoms with Crippen molar-refractivity contribution in [1.29, 1.82) is 0 Å². The van der Waals surface area contributed by atoms with E-state index in [9.17, 15) is 4.79 Å². The number of rotatable bonds is 9. The zero-order chi connectivity index (χ0) is 19.8. The molecule has 1 unspecified atom stereocenters. The quantitative estimate of drug-likeness (QED) is 0.712. The number of likely N-dealkylation sites (N-methyl/N-ethyl adjacent to an activating group) is 1. The van der Waals surface area contributed by atoms with Gasteiger partial charge in [-0.05, 0) is 41.3 Å². The van der Waals surface area contributed by atoms with Crippen molar-refractivity contribution in [1.82, 2.24) is 0 Å². The maximum atomic E-state index is 12.3. The number of anilines is 1. The molecule has 0 aromatic heterocycles. The Kier molecular flexibility index (Phi) is 7.67. The van der Waals surface area contributed by atoms with Crippen LogP contribution in [0.1, 0.15) is 30.9 Å². The molecule has 2 N–H and O–H groups in total. The highest BCUT2D eigenvalue weighted by molar-refractivity contribution is 5.91. The molecule has 0 spiro atoms. The summed E-state index contributed by atoms with van der Waals surface area (Å²) in [5.41, 5.74) is 3.28. The fourth-order valence-electron chi connectivity index (χ4n) is 2.91. The number of quaternary nitrogens is 1. The fraction of sp³-hybridized carbons (Fsp3) is 0.409. The molecule has 27 heavy (non-hydrogen) atoms. The van der Waals surface area contributed by atoms with Crippen molar-refractivity contribution in [3.05, 3.63) is 53.6 Å². The van der Waals surface area contributed by atoms with Crippen LogP contribution in [-0.2, 0) is 11.2 Å². The van der Waals surface area contributed by atoms with E-state index in [0.29, 0.717) is 12.5 Å². The van der Waals surface area contributed by atoms with Gasteiger partial charge in [-0.2, -0.15) is 0 Å². The third-order valence-corrected chi connectivity index (χ3v) is 4.61. The second-order valence-electron chi connectivity index (χ2n) is 7.15. The van der Waals surface area contributed by atoms with Gasteiger partial charge in [0.1, 0.15) is 0 Å². The minimum atomic E-state index is 0.0251. The van der Waals surface area contributed by atoms with Crippen LogP contribution in [0.25, 0.3) is 0 Å². The summed E-state index contributed by atoms with van der Waals surface area (Å²) in [7, 11) is 5.30. The van der Waals surface area contributed by atoms with E-state index in [-0.39, 0.29) is 5.91 Å². The van der Waals surface area contributed by atoms with Gasteiger partial charge >= 0.3 is 0 Å². The van der Waals surface area contributed by atoms with Gasteiger partial charge in [0.05, 0.1) is 27.8 Å². The predicted octanol–water partition coefficient (Wildman–Crippen LogP) is 2.52. The third-order valence-electron chi connectivity index (χ3n) is 4.61. The lowest BCUT2D eigenvalue weighted by Gasteiger charge is -2.15. The Labute approximate surface area is 162 Å².